The smallest absolute Gasteiger partial charge is 0.408 e. The third kappa shape index (κ3) is 7.29. The van der Waals surface area contributed by atoms with E-state index in [4.69, 9.17) is 49.0 Å². The van der Waals surface area contributed by atoms with Gasteiger partial charge in [0, 0.05) is 18.2 Å². The van der Waals surface area contributed by atoms with Crippen LogP contribution in [0.2, 0.25) is 0 Å². The van der Waals surface area contributed by atoms with Crippen LogP contribution in [0.3, 0.4) is 0 Å². The zero-order valence-corrected chi connectivity index (χ0v) is 21.1. The van der Waals surface area contributed by atoms with Crippen LogP contribution in [0.15, 0.2) is 11.3 Å². The summed E-state index contributed by atoms with van der Waals surface area (Å²) in [6.07, 6.45) is -1.99. The molecular formula is C18H22Cl3N3O8S. The number of nitrogens with one attached hydrogen (secondary N) is 2. The van der Waals surface area contributed by atoms with E-state index in [9.17, 15) is 24.0 Å². The number of esters is 2. The Morgan fingerprint density at radius 3 is 2.42 bits per heavy atom. The van der Waals surface area contributed by atoms with Gasteiger partial charge in [-0.3, -0.25) is 19.3 Å². The molecule has 1 fully saturated rings. The summed E-state index contributed by atoms with van der Waals surface area (Å²) in [6.45, 7) is 5.49. The Kier molecular flexibility index (Phi) is 8.77. The highest BCUT2D eigenvalue weighted by Crippen LogP contribution is 2.42. The molecule has 2 rings (SSSR count). The molecule has 0 saturated carbocycles. The minimum Gasteiger partial charge on any atom is -0.455 e. The number of alkyl halides is 3. The maximum Gasteiger partial charge on any atom is 0.408 e. The van der Waals surface area contributed by atoms with Crippen molar-refractivity contribution >= 4 is 76.9 Å². The quantitative estimate of drug-likeness (QED) is 0.122. The molecule has 2 heterocycles. The maximum absolute atomic E-state index is 13.0. The van der Waals surface area contributed by atoms with E-state index >= 15 is 0 Å². The second-order valence-electron chi connectivity index (χ2n) is 7.87. The highest BCUT2D eigenvalue weighted by molar-refractivity contribution is 8.00. The van der Waals surface area contributed by atoms with Crippen LogP contribution in [-0.4, -0.2) is 74.6 Å². The molecule has 33 heavy (non-hydrogen) atoms. The van der Waals surface area contributed by atoms with E-state index in [1.807, 2.05) is 0 Å². The minimum absolute atomic E-state index is 0.0726. The zero-order chi connectivity index (χ0) is 25.1. The van der Waals surface area contributed by atoms with Crippen LogP contribution >= 0.6 is 46.6 Å². The van der Waals surface area contributed by atoms with E-state index in [2.05, 4.69) is 10.6 Å². The average Bonchev–Trinajstić information content (AvgIpc) is 2.66. The molecule has 0 aromatic carbocycles. The van der Waals surface area contributed by atoms with Gasteiger partial charge in [0.25, 0.3) is 5.91 Å². The molecule has 184 valence electrons. The molecule has 2 aliphatic rings. The Balaban J connectivity index is 2.32. The fraction of sp³-hybridized carbons (Fsp3) is 0.611. The molecule has 0 aromatic heterocycles. The Morgan fingerprint density at radius 1 is 1.27 bits per heavy atom. The molecule has 2 aliphatic heterocycles. The van der Waals surface area contributed by atoms with E-state index in [1.54, 1.807) is 20.8 Å². The molecule has 11 nitrogen and oxygen atoms in total. The molecule has 2 N–H and O–H groups in total. The summed E-state index contributed by atoms with van der Waals surface area (Å²) in [5, 5.41) is 3.98. The van der Waals surface area contributed by atoms with E-state index in [0.29, 0.717) is 6.41 Å². The van der Waals surface area contributed by atoms with Crippen LogP contribution in [-0.2, 0) is 33.4 Å². The molecule has 0 aliphatic carbocycles. The first kappa shape index (κ1) is 27.4. The standard InChI is InChI=1S/C18H22Cl3N3O8S/c1-8(26)31-12(22-7-25)9-5-33-14-10(23-16(29)30-6-18(19,20)21)13(27)24(14)11(9)15(28)32-17(2,3)4/h7,10,12,14H,5-6H2,1-4H3,(H,22,25)(H,23,29)/t10-,12?,14-/m1/s1. The van der Waals surface area contributed by atoms with Crippen LogP contribution in [0.5, 0.6) is 0 Å². The lowest BCUT2D eigenvalue weighted by molar-refractivity contribution is -0.159. The van der Waals surface area contributed by atoms with E-state index in [1.165, 1.54) is 0 Å². The van der Waals surface area contributed by atoms with Gasteiger partial charge >= 0.3 is 18.0 Å². The van der Waals surface area contributed by atoms with Crippen molar-refractivity contribution in [2.24, 2.45) is 0 Å². The number of rotatable bonds is 7. The van der Waals surface area contributed by atoms with Gasteiger partial charge in [0.15, 0.2) is 0 Å². The van der Waals surface area contributed by atoms with Crippen molar-refractivity contribution in [1.82, 2.24) is 15.5 Å². The van der Waals surface area contributed by atoms with Gasteiger partial charge in [-0.1, -0.05) is 34.8 Å². The number of halogens is 3. The molecule has 1 unspecified atom stereocenters. The number of hydrogen-bond donors (Lipinski definition) is 2. The van der Waals surface area contributed by atoms with Gasteiger partial charge in [-0.2, -0.15) is 0 Å². The fourth-order valence-electron chi connectivity index (χ4n) is 2.91. The number of fused-ring (bicyclic) bond motifs is 1. The number of nitrogens with zero attached hydrogens (tertiary/aromatic N) is 1. The summed E-state index contributed by atoms with van der Waals surface area (Å²) in [4.78, 5) is 61.6. The second kappa shape index (κ2) is 10.6. The lowest BCUT2D eigenvalue weighted by Crippen LogP contribution is -2.71. The monoisotopic (exact) mass is 545 g/mol. The van der Waals surface area contributed by atoms with Gasteiger partial charge in [-0.25, -0.2) is 9.59 Å². The first-order chi connectivity index (χ1) is 15.1. The minimum atomic E-state index is -1.83. The van der Waals surface area contributed by atoms with Gasteiger partial charge in [0.2, 0.25) is 16.4 Å². The third-order valence-corrected chi connectivity index (χ3v) is 5.68. The number of β-lactam (4-membered cyclic amide) rings is 1. The SMILES string of the molecule is CC(=O)OC(NC=O)C1=C(C(=O)OC(C)(C)C)N2C(=O)[C@@H](NC(=O)OCC(Cl)(Cl)Cl)[C@H]2SC1. The van der Waals surface area contributed by atoms with E-state index < -0.39 is 57.6 Å². The van der Waals surface area contributed by atoms with Crippen molar-refractivity contribution in [2.75, 3.05) is 12.4 Å². The summed E-state index contributed by atoms with van der Waals surface area (Å²) >= 11 is 17.8. The Morgan fingerprint density at radius 2 is 1.91 bits per heavy atom. The maximum atomic E-state index is 13.0. The van der Waals surface area contributed by atoms with Crippen LogP contribution in [0.1, 0.15) is 27.7 Å². The van der Waals surface area contributed by atoms with Crippen molar-refractivity contribution in [2.45, 2.75) is 54.7 Å². The summed E-state index contributed by atoms with van der Waals surface area (Å²) in [7, 11) is 0. The number of ether oxygens (including phenoxy) is 3. The van der Waals surface area contributed by atoms with Crippen molar-refractivity contribution in [3.63, 3.8) is 0 Å². The summed E-state index contributed by atoms with van der Waals surface area (Å²) < 4.78 is 13.5. The van der Waals surface area contributed by atoms with Gasteiger partial charge in [-0.05, 0) is 20.8 Å². The van der Waals surface area contributed by atoms with Crippen LogP contribution < -0.4 is 10.6 Å². The predicted octanol–water partition coefficient (Wildman–Crippen LogP) is 1.60. The van der Waals surface area contributed by atoms with Crippen LogP contribution in [0.4, 0.5) is 4.79 Å². The molecule has 0 spiro atoms. The number of thioether (sulfide) groups is 1. The van der Waals surface area contributed by atoms with Gasteiger partial charge in [0.1, 0.15) is 29.3 Å². The third-order valence-electron chi connectivity index (χ3n) is 4.05. The summed E-state index contributed by atoms with van der Waals surface area (Å²) in [5.41, 5.74) is -0.943. The Labute approximate surface area is 208 Å². The van der Waals surface area contributed by atoms with Crippen molar-refractivity contribution < 1.29 is 38.2 Å². The van der Waals surface area contributed by atoms with E-state index in [-0.39, 0.29) is 17.0 Å². The van der Waals surface area contributed by atoms with Crippen LogP contribution in [0, 0.1) is 0 Å². The highest BCUT2D eigenvalue weighted by atomic mass is 35.6. The van der Waals surface area contributed by atoms with Crippen molar-refractivity contribution in [1.29, 1.82) is 0 Å². The zero-order valence-electron chi connectivity index (χ0n) is 18.0. The lowest BCUT2D eigenvalue weighted by atomic mass is 10.0. The number of amides is 3. The molecular weight excluding hydrogens is 525 g/mol. The molecule has 3 atom stereocenters. The molecule has 0 aromatic rings. The van der Waals surface area contributed by atoms with Gasteiger partial charge in [-0.15, -0.1) is 11.8 Å². The number of hydrogen-bond acceptors (Lipinski definition) is 9. The van der Waals surface area contributed by atoms with Gasteiger partial charge in [0.05, 0.1) is 0 Å². The predicted molar refractivity (Wildman–Crippen MR) is 119 cm³/mol. The van der Waals surface area contributed by atoms with Crippen molar-refractivity contribution in [3.05, 3.63) is 11.3 Å². The molecule has 0 radical (unpaired) electrons. The second-order valence-corrected chi connectivity index (χ2v) is 11.5. The lowest BCUT2D eigenvalue weighted by Gasteiger charge is -2.50. The largest absolute Gasteiger partial charge is 0.455 e. The average molecular weight is 547 g/mol. The summed E-state index contributed by atoms with van der Waals surface area (Å²) in [5.74, 6) is -2.16. The normalized spacial score (nSPS) is 21.3. The first-order valence-electron chi connectivity index (χ1n) is 9.42. The summed E-state index contributed by atoms with van der Waals surface area (Å²) in [6, 6.07) is -1.04. The molecule has 3 amide bonds. The molecule has 1 saturated heterocycles. The Bertz CT molecular complexity index is 871. The Hall–Kier alpha value is -1.89. The van der Waals surface area contributed by atoms with Gasteiger partial charge < -0.3 is 24.8 Å². The fourth-order valence-corrected chi connectivity index (χ4v) is 4.45. The number of carbonyl (C=O) groups excluding carboxylic acids is 5. The highest BCUT2D eigenvalue weighted by Gasteiger charge is 2.56. The number of carbonyl (C=O) groups is 5. The molecule has 0 bridgehead atoms. The topological polar surface area (TPSA) is 140 Å². The first-order valence-corrected chi connectivity index (χ1v) is 11.6. The van der Waals surface area contributed by atoms with Crippen LogP contribution in [0.25, 0.3) is 0 Å². The number of alkyl carbamates (subject to hydrolysis) is 1. The van der Waals surface area contributed by atoms with E-state index in [0.717, 1.165) is 23.6 Å². The molecule has 15 heteroatoms. The van der Waals surface area contributed by atoms with Crippen molar-refractivity contribution in [3.8, 4) is 0 Å².